The second-order valence-electron chi connectivity index (χ2n) is 30.4. The Morgan fingerprint density at radius 2 is 0.659 bits per heavy atom. The molecule has 0 aliphatic heterocycles. The predicted octanol–water partition coefficient (Wildman–Crippen LogP) is 10.8. The summed E-state index contributed by atoms with van der Waals surface area (Å²) in [7, 11) is 17.2. The van der Waals surface area contributed by atoms with E-state index in [0.29, 0.717) is 107 Å². The van der Waals surface area contributed by atoms with Crippen LogP contribution in [-0.2, 0) is 0 Å². The van der Waals surface area contributed by atoms with Crippen LogP contribution in [0.4, 0.5) is 107 Å². The molecule has 0 atom stereocenters. The minimum absolute atomic E-state index is 0.321. The van der Waals surface area contributed by atoms with Crippen molar-refractivity contribution in [2.24, 2.45) is 0 Å². The second kappa shape index (κ2) is 44.0. The Kier molecular flexibility index (Phi) is 32.2. The standard InChI is InChI=1S/3C10H15N5.3C9H13N5.3C8H11N5/c1-7-4-5-8(6-7)11-9-12-10(14-13-9)15(2)3;2*1-7-5-4-6-8(7)11-9-12-10(14-13-9)15(2)3;1-6-3-4-7(5-6)14(2)9-11-8(10)12-13-9;2*1-6-4-3-5-7(6)14(2)9-11-8(10)12-13-9;1-5-2-3-6(4-5)10-8-11-7(9)12-13-8;2*1-5-3-2-4-6(5)10-8-11-7(9)12-13-8/h2*5-6H,4H2,1-3H3,(H2,11,12,13,14);4,6H,5H2,1-3H3,(H2,11,12,13,14);2*4-5H,3H2,1-2H3,(H3,10,11,12,13);3,5H,4H2,1-2H3,(H3,10,11,12,13);2*3-4H,2H2,1H3,(H4,9,10,11,12,13);2,4H,3H2,1H3,(H4,9,10,11,12,13). The smallest absolute Gasteiger partial charge is 0.250 e. The normalized spacial score (nSPS) is 15.2. The highest BCUT2D eigenvalue weighted by molar-refractivity contribution is 5.56. The highest BCUT2D eigenvalue weighted by Crippen LogP contribution is 2.29. The first-order chi connectivity index (χ1) is 60.3. The molecule has 18 rings (SSSR count). The number of aromatic amines is 9. The molecular weight excluding hydrogens is 1600 g/mol. The van der Waals surface area contributed by atoms with Crippen LogP contribution in [0.15, 0.2) is 211 Å². The average Bonchev–Trinajstić information content (AvgIpc) is 1.69. The Bertz CT molecular complexity index is 5780. The lowest BCUT2D eigenvalue weighted by Gasteiger charge is -2.16. The van der Waals surface area contributed by atoms with Crippen molar-refractivity contribution in [3.05, 3.63) is 211 Å². The second-order valence-corrected chi connectivity index (χ2v) is 30.4. The Morgan fingerprint density at radius 3 is 1.02 bits per heavy atom. The quantitative estimate of drug-likeness (QED) is 0.0318. The molecule has 666 valence electrons. The van der Waals surface area contributed by atoms with Crippen molar-refractivity contribution in [2.75, 3.05) is 159 Å². The minimum atomic E-state index is 0.321. The van der Waals surface area contributed by atoms with Crippen LogP contribution in [0.2, 0.25) is 0 Å². The Labute approximate surface area is 730 Å². The van der Waals surface area contributed by atoms with Gasteiger partial charge < -0.3 is 95.7 Å². The molecule has 9 heterocycles. The summed E-state index contributed by atoms with van der Waals surface area (Å²) < 4.78 is 0. The zero-order valence-corrected chi connectivity index (χ0v) is 74.5. The Balaban J connectivity index is 0.000000148. The summed E-state index contributed by atoms with van der Waals surface area (Å²) in [6, 6.07) is 0. The Morgan fingerprint density at radius 1 is 0.294 bits per heavy atom. The van der Waals surface area contributed by atoms with E-state index < -0.39 is 0 Å². The average molecular weight is 1720 g/mol. The van der Waals surface area contributed by atoms with Gasteiger partial charge in [0.15, 0.2) is 0 Å². The first-order valence-electron chi connectivity index (χ1n) is 40.3. The summed E-state index contributed by atoms with van der Waals surface area (Å²) >= 11 is 0. The monoisotopic (exact) mass is 1720 g/mol. The predicted molar refractivity (Wildman–Crippen MR) is 502 cm³/mol. The van der Waals surface area contributed by atoms with Crippen LogP contribution in [0.25, 0.3) is 0 Å². The number of nitrogen functional groups attached to an aromatic ring is 6. The molecule has 0 saturated heterocycles. The van der Waals surface area contributed by atoms with Crippen molar-refractivity contribution >= 4 is 107 Å². The first kappa shape index (κ1) is 92.3. The summed E-state index contributed by atoms with van der Waals surface area (Å²) in [5.74, 6) is 9.39. The fourth-order valence-electron chi connectivity index (χ4n) is 12.3. The molecule has 9 aliphatic carbocycles. The van der Waals surface area contributed by atoms with Gasteiger partial charge in [0.1, 0.15) is 0 Å². The number of hydrogen-bond donors (Lipinski definition) is 21. The van der Waals surface area contributed by atoms with Gasteiger partial charge in [-0.2, -0.15) is 44.9 Å². The number of hydrogen-bond acceptors (Lipinski definition) is 36. The number of nitrogens with zero attached hydrogens (tertiary/aromatic N) is 24. The SMILES string of the molecule is CC1=C(N(C)c2n[nH]c(N)n2)C=CC1.CC1=C(Nc2n[nH]c(N)n2)C=CC1.CC1=C(Nc2nc(N(C)C)n[nH]2)C=CC1.CC1=CC(N(C)c2n[nH]c(N)n2)=CC1.CC1=CC(Nc2n[nH]c(N)n2)=CC1.CC1=CC(Nc2nc(N(C)C)n[nH]2)=CC1.CC1=CCC=C1N(C)c1n[nH]c(N)n1.CC1=CCC=C1Nc1n[nH]c(N)n1.CC1=CCC=C1Nc1nc(N(C)C)n[nH]1. The number of likely N-dealkylation sites (N-methyl/N-ethyl adjacent to an activating group) is 3. The molecule has 0 spiro atoms. The van der Waals surface area contributed by atoms with E-state index in [4.69, 9.17) is 34.4 Å². The Hall–Kier alpha value is -16.0. The van der Waals surface area contributed by atoms with Gasteiger partial charge >= 0.3 is 0 Å². The zero-order chi connectivity index (χ0) is 90.7. The number of nitrogens with one attached hydrogen (secondary N) is 15. The van der Waals surface area contributed by atoms with Crippen LogP contribution in [-0.4, -0.2) is 200 Å². The largest absolute Gasteiger partial charge is 0.368 e. The fraction of sp³-hybridized carbons (Fsp3) is 0.333. The van der Waals surface area contributed by atoms with Gasteiger partial charge in [0.05, 0.1) is 0 Å². The van der Waals surface area contributed by atoms with E-state index in [1.165, 1.54) is 50.2 Å². The molecule has 0 unspecified atom stereocenters. The molecular formula is C81H117N45. The summed E-state index contributed by atoms with van der Waals surface area (Å²) in [5.41, 5.74) is 54.0. The molecule has 27 N–H and O–H groups in total. The highest BCUT2D eigenvalue weighted by Gasteiger charge is 2.20. The number of anilines is 18. The molecule has 45 nitrogen and oxygen atoms in total. The van der Waals surface area contributed by atoms with Gasteiger partial charge in [-0.05, 0) is 190 Å². The molecule has 9 aromatic rings. The lowest BCUT2D eigenvalue weighted by Crippen LogP contribution is -2.17. The summed E-state index contributed by atoms with van der Waals surface area (Å²) in [4.78, 5) is 48.1. The zero-order valence-electron chi connectivity index (χ0n) is 74.5. The van der Waals surface area contributed by atoms with Crippen LogP contribution in [0.1, 0.15) is 120 Å². The topological polar surface area (TPSA) is 622 Å². The maximum atomic E-state index is 5.46. The van der Waals surface area contributed by atoms with E-state index >= 15 is 0 Å². The number of aromatic nitrogens is 27. The maximum Gasteiger partial charge on any atom is 0.250 e. The van der Waals surface area contributed by atoms with Gasteiger partial charge in [-0.3, -0.25) is 0 Å². The molecule has 126 heavy (non-hydrogen) atoms. The van der Waals surface area contributed by atoms with Crippen LogP contribution < -0.4 is 95.7 Å². The molecule has 0 aromatic carbocycles. The van der Waals surface area contributed by atoms with E-state index in [9.17, 15) is 0 Å². The number of H-pyrrole nitrogens is 9. The first-order valence-corrected chi connectivity index (χ1v) is 40.3. The third-order valence-corrected chi connectivity index (χ3v) is 19.2. The van der Waals surface area contributed by atoms with E-state index in [2.05, 4.69) is 327 Å². The van der Waals surface area contributed by atoms with Gasteiger partial charge in [0.2, 0.25) is 89.2 Å². The van der Waals surface area contributed by atoms with E-state index in [0.717, 1.165) is 109 Å². The number of nitrogens with two attached hydrogens (primary N) is 6. The van der Waals surface area contributed by atoms with Crippen molar-refractivity contribution < 1.29 is 0 Å². The lowest BCUT2D eigenvalue weighted by atomic mass is 10.2. The highest BCUT2D eigenvalue weighted by atomic mass is 15.4. The van der Waals surface area contributed by atoms with E-state index in [-0.39, 0.29) is 0 Å². The van der Waals surface area contributed by atoms with Crippen molar-refractivity contribution in [2.45, 2.75) is 120 Å². The van der Waals surface area contributed by atoms with Crippen LogP contribution in [0, 0.1) is 0 Å². The molecule has 0 radical (unpaired) electrons. The summed E-state index contributed by atoms with van der Waals surface area (Å²) in [5, 5.41) is 78.6. The number of allylic oxidation sites excluding steroid dienone is 27. The van der Waals surface area contributed by atoms with Crippen molar-refractivity contribution in [3.8, 4) is 0 Å². The van der Waals surface area contributed by atoms with Crippen LogP contribution in [0.3, 0.4) is 0 Å². The van der Waals surface area contributed by atoms with Gasteiger partial charge in [-0.25, -0.2) is 45.9 Å². The minimum Gasteiger partial charge on any atom is -0.368 e. The molecule has 9 aromatic heterocycles. The summed E-state index contributed by atoms with van der Waals surface area (Å²) in [6.45, 7) is 18.8. The molecule has 9 aliphatic rings. The van der Waals surface area contributed by atoms with Crippen LogP contribution in [0.5, 0.6) is 0 Å². The van der Waals surface area contributed by atoms with Crippen molar-refractivity contribution in [1.82, 2.24) is 137 Å². The molecule has 0 amide bonds. The maximum absolute atomic E-state index is 5.46. The van der Waals surface area contributed by atoms with Gasteiger partial charge in [0, 0.05) is 115 Å². The van der Waals surface area contributed by atoms with Gasteiger partial charge in [-0.15, -0.1) is 45.9 Å². The third kappa shape index (κ3) is 27.5. The van der Waals surface area contributed by atoms with E-state index in [1.807, 2.05) is 106 Å². The molecule has 0 saturated carbocycles. The van der Waals surface area contributed by atoms with Gasteiger partial charge in [0.25, 0.3) is 17.8 Å². The van der Waals surface area contributed by atoms with Gasteiger partial charge in [-0.1, -0.05) is 89.6 Å². The fourth-order valence-corrected chi connectivity index (χ4v) is 12.3. The third-order valence-electron chi connectivity index (χ3n) is 19.2. The molecule has 45 heteroatoms. The van der Waals surface area contributed by atoms with Crippen LogP contribution >= 0.6 is 0 Å². The van der Waals surface area contributed by atoms with E-state index in [1.54, 1.807) is 0 Å². The lowest BCUT2D eigenvalue weighted by molar-refractivity contribution is 0.993. The molecule has 0 fully saturated rings. The summed E-state index contributed by atoms with van der Waals surface area (Å²) in [6.07, 6.45) is 46.9. The van der Waals surface area contributed by atoms with Crippen molar-refractivity contribution in [1.29, 1.82) is 0 Å². The van der Waals surface area contributed by atoms with Crippen molar-refractivity contribution in [3.63, 3.8) is 0 Å². The number of rotatable bonds is 21. The molecule has 0 bridgehead atoms.